The number of nitro benzene ring substituents is 1. The van der Waals surface area contributed by atoms with E-state index in [-0.39, 0.29) is 23.2 Å². The Bertz CT molecular complexity index is 1070. The first kappa shape index (κ1) is 23.1. The smallest absolute Gasteiger partial charge is 0.286 e. The van der Waals surface area contributed by atoms with Gasteiger partial charge in [-0.1, -0.05) is 37.6 Å². The highest BCUT2D eigenvalue weighted by Crippen LogP contribution is 2.19. The lowest BCUT2D eigenvalue weighted by Crippen LogP contribution is -2.24. The van der Waals surface area contributed by atoms with E-state index in [1.807, 2.05) is 17.9 Å². The first-order chi connectivity index (χ1) is 15.4. The number of unbranched alkanes of at least 4 members (excludes halogenated alkanes) is 1. The summed E-state index contributed by atoms with van der Waals surface area (Å²) in [6.45, 7) is 3.77. The van der Waals surface area contributed by atoms with Crippen LogP contribution >= 0.6 is 0 Å². The molecular weight excluding hydrogens is 413 g/mol. The molecular formula is C24H26FN3O4. The zero-order valence-electron chi connectivity index (χ0n) is 17.9. The SMILES string of the molecule is CCCCNC(=O)c1ccc(CN(Cc2cccc(F)c2)Cc2cccc([N+](=O)[O-])c2)o1. The molecule has 0 fully saturated rings. The van der Waals surface area contributed by atoms with Crippen LogP contribution < -0.4 is 5.32 Å². The van der Waals surface area contributed by atoms with Gasteiger partial charge >= 0.3 is 0 Å². The maximum Gasteiger partial charge on any atom is 0.286 e. The van der Waals surface area contributed by atoms with E-state index in [0.29, 0.717) is 31.9 Å². The molecule has 32 heavy (non-hydrogen) atoms. The second-order valence-corrected chi connectivity index (χ2v) is 7.58. The van der Waals surface area contributed by atoms with Crippen molar-refractivity contribution in [1.29, 1.82) is 0 Å². The molecule has 1 heterocycles. The van der Waals surface area contributed by atoms with Gasteiger partial charge in [-0.25, -0.2) is 4.39 Å². The highest BCUT2D eigenvalue weighted by Gasteiger charge is 2.16. The molecule has 3 rings (SSSR count). The van der Waals surface area contributed by atoms with Gasteiger partial charge in [-0.05, 0) is 41.8 Å². The number of carbonyl (C=O) groups is 1. The third-order valence-corrected chi connectivity index (χ3v) is 4.90. The third kappa shape index (κ3) is 6.75. The molecule has 1 N–H and O–H groups in total. The Kier molecular flexibility index (Phi) is 8.10. The van der Waals surface area contributed by atoms with Gasteiger partial charge in [0, 0.05) is 31.8 Å². The molecule has 0 spiro atoms. The molecule has 7 nitrogen and oxygen atoms in total. The van der Waals surface area contributed by atoms with E-state index in [1.54, 1.807) is 30.3 Å². The predicted molar refractivity (Wildman–Crippen MR) is 118 cm³/mol. The van der Waals surface area contributed by atoms with Crippen LogP contribution in [0, 0.1) is 15.9 Å². The third-order valence-electron chi connectivity index (χ3n) is 4.90. The molecule has 0 radical (unpaired) electrons. The molecule has 0 aliphatic carbocycles. The van der Waals surface area contributed by atoms with Crippen molar-refractivity contribution in [3.8, 4) is 0 Å². The lowest BCUT2D eigenvalue weighted by molar-refractivity contribution is -0.384. The van der Waals surface area contributed by atoms with E-state index >= 15 is 0 Å². The van der Waals surface area contributed by atoms with Crippen LogP contribution in [0.15, 0.2) is 65.1 Å². The largest absolute Gasteiger partial charge is 0.455 e. The molecule has 0 bridgehead atoms. The molecule has 0 aliphatic heterocycles. The van der Waals surface area contributed by atoms with Crippen LogP contribution in [0.3, 0.4) is 0 Å². The van der Waals surface area contributed by atoms with Crippen LogP contribution in [-0.2, 0) is 19.6 Å². The highest BCUT2D eigenvalue weighted by atomic mass is 19.1. The summed E-state index contributed by atoms with van der Waals surface area (Å²) in [4.78, 5) is 24.9. The molecule has 0 saturated heterocycles. The summed E-state index contributed by atoms with van der Waals surface area (Å²) in [7, 11) is 0. The number of halogens is 1. The van der Waals surface area contributed by atoms with E-state index in [0.717, 1.165) is 24.0 Å². The summed E-state index contributed by atoms with van der Waals surface area (Å²) in [6, 6.07) is 16.1. The number of nitrogens with one attached hydrogen (secondary N) is 1. The maximum absolute atomic E-state index is 13.7. The van der Waals surface area contributed by atoms with Crippen LogP contribution in [0.1, 0.15) is 47.2 Å². The summed E-state index contributed by atoms with van der Waals surface area (Å²) >= 11 is 0. The van der Waals surface area contributed by atoms with Gasteiger partial charge in [-0.15, -0.1) is 0 Å². The number of nitrogens with zero attached hydrogens (tertiary/aromatic N) is 2. The normalized spacial score (nSPS) is 11.0. The first-order valence-electron chi connectivity index (χ1n) is 10.5. The molecule has 0 saturated carbocycles. The zero-order chi connectivity index (χ0) is 22.9. The Morgan fingerprint density at radius 2 is 1.78 bits per heavy atom. The van der Waals surface area contributed by atoms with E-state index in [2.05, 4.69) is 5.32 Å². The summed E-state index contributed by atoms with van der Waals surface area (Å²) in [5, 5.41) is 13.9. The molecule has 0 aliphatic rings. The van der Waals surface area contributed by atoms with Crippen LogP contribution in [0.4, 0.5) is 10.1 Å². The van der Waals surface area contributed by atoms with Gasteiger partial charge in [0.15, 0.2) is 5.76 Å². The molecule has 8 heteroatoms. The van der Waals surface area contributed by atoms with Crippen molar-refractivity contribution in [3.05, 3.63) is 99.2 Å². The van der Waals surface area contributed by atoms with Gasteiger partial charge in [-0.2, -0.15) is 0 Å². The van der Waals surface area contributed by atoms with Crippen molar-refractivity contribution in [2.24, 2.45) is 0 Å². The predicted octanol–water partition coefficient (Wildman–Crippen LogP) is 5.06. The van der Waals surface area contributed by atoms with Crippen molar-refractivity contribution in [3.63, 3.8) is 0 Å². The number of rotatable bonds is 11. The maximum atomic E-state index is 13.7. The first-order valence-corrected chi connectivity index (χ1v) is 10.5. The number of amides is 1. The molecule has 0 atom stereocenters. The summed E-state index contributed by atoms with van der Waals surface area (Å²) in [5.41, 5.74) is 1.52. The number of nitro groups is 1. The minimum Gasteiger partial charge on any atom is -0.455 e. The quantitative estimate of drug-likeness (QED) is 0.256. The minimum atomic E-state index is -0.434. The fourth-order valence-corrected chi connectivity index (χ4v) is 3.36. The lowest BCUT2D eigenvalue weighted by atomic mass is 10.1. The molecule has 1 amide bonds. The van der Waals surface area contributed by atoms with E-state index in [1.165, 1.54) is 24.3 Å². The number of furan rings is 1. The van der Waals surface area contributed by atoms with Crippen molar-refractivity contribution in [2.45, 2.75) is 39.4 Å². The fourth-order valence-electron chi connectivity index (χ4n) is 3.36. The Morgan fingerprint density at radius 1 is 1.06 bits per heavy atom. The standard InChI is InChI=1S/C24H26FN3O4/c1-2-3-12-26-24(29)23-11-10-22(32-23)17-27(15-18-6-4-8-20(25)13-18)16-19-7-5-9-21(14-19)28(30)31/h4-11,13-14H,2-3,12,15-17H2,1H3,(H,26,29). The van der Waals surface area contributed by atoms with Gasteiger partial charge < -0.3 is 9.73 Å². The average molecular weight is 439 g/mol. The van der Waals surface area contributed by atoms with E-state index < -0.39 is 4.92 Å². The number of benzene rings is 2. The molecule has 0 unspecified atom stereocenters. The van der Waals surface area contributed by atoms with Gasteiger partial charge in [-0.3, -0.25) is 19.8 Å². The van der Waals surface area contributed by atoms with Gasteiger partial charge in [0.2, 0.25) is 0 Å². The van der Waals surface area contributed by atoms with Crippen molar-refractivity contribution >= 4 is 11.6 Å². The van der Waals surface area contributed by atoms with Crippen LogP contribution in [0.2, 0.25) is 0 Å². The van der Waals surface area contributed by atoms with Gasteiger partial charge in [0.1, 0.15) is 11.6 Å². The molecule has 3 aromatic rings. The number of hydrogen-bond acceptors (Lipinski definition) is 5. The fraction of sp³-hybridized carbons (Fsp3) is 0.292. The summed E-state index contributed by atoms with van der Waals surface area (Å²) in [5.74, 6) is 0.214. The number of non-ortho nitro benzene ring substituents is 1. The van der Waals surface area contributed by atoms with Crippen molar-refractivity contribution in [2.75, 3.05) is 6.54 Å². The lowest BCUT2D eigenvalue weighted by Gasteiger charge is -2.21. The van der Waals surface area contributed by atoms with Gasteiger partial charge in [0.05, 0.1) is 11.5 Å². The zero-order valence-corrected chi connectivity index (χ0v) is 17.9. The molecule has 168 valence electrons. The molecule has 2 aromatic carbocycles. The summed E-state index contributed by atoms with van der Waals surface area (Å²) in [6.07, 6.45) is 1.88. The topological polar surface area (TPSA) is 88.6 Å². The summed E-state index contributed by atoms with van der Waals surface area (Å²) < 4.78 is 19.4. The Labute approximate surface area is 186 Å². The van der Waals surface area contributed by atoms with Gasteiger partial charge in [0.25, 0.3) is 11.6 Å². The Hall–Kier alpha value is -3.52. The Balaban J connectivity index is 1.76. The second kappa shape index (κ2) is 11.2. The number of hydrogen-bond donors (Lipinski definition) is 1. The average Bonchev–Trinajstić information content (AvgIpc) is 3.22. The van der Waals surface area contributed by atoms with E-state index in [4.69, 9.17) is 4.42 Å². The van der Waals surface area contributed by atoms with E-state index in [9.17, 15) is 19.3 Å². The van der Waals surface area contributed by atoms with Crippen LogP contribution in [-0.4, -0.2) is 22.3 Å². The van der Waals surface area contributed by atoms with Crippen LogP contribution in [0.25, 0.3) is 0 Å². The van der Waals surface area contributed by atoms with Crippen molar-refractivity contribution < 1.29 is 18.5 Å². The minimum absolute atomic E-state index is 0.0113. The van der Waals surface area contributed by atoms with Crippen molar-refractivity contribution in [1.82, 2.24) is 10.2 Å². The monoisotopic (exact) mass is 439 g/mol. The number of carbonyl (C=O) groups excluding carboxylic acids is 1. The second-order valence-electron chi connectivity index (χ2n) is 7.58. The molecule has 1 aromatic heterocycles. The van der Waals surface area contributed by atoms with Crippen LogP contribution in [0.5, 0.6) is 0 Å². The Morgan fingerprint density at radius 3 is 2.47 bits per heavy atom. The highest BCUT2D eigenvalue weighted by molar-refractivity contribution is 5.91.